The quantitative estimate of drug-likeness (QED) is 0.596. The zero-order chi connectivity index (χ0) is 15.4. The maximum atomic E-state index is 5.78. The maximum Gasteiger partial charge on any atom is 0.493 e. The van der Waals surface area contributed by atoms with E-state index >= 15 is 0 Å². The molecule has 1 aromatic heterocycles. The summed E-state index contributed by atoms with van der Waals surface area (Å²) in [5.74, 6) is 6.26. The van der Waals surface area contributed by atoms with Crippen LogP contribution in [0.3, 0.4) is 0 Å². The molecule has 1 aliphatic heterocycles. The molecular weight excluding hydrogens is 273 g/mol. The fourth-order valence-electron chi connectivity index (χ4n) is 2.19. The monoisotopic (exact) mass is 291 g/mol. The average molecular weight is 291 g/mol. The zero-order valence-corrected chi connectivity index (χ0v) is 12.9. The number of hydrogen-bond acceptors (Lipinski definition) is 3. The molecule has 4 heteroatoms. The Morgan fingerprint density at radius 3 is 2.05 bits per heavy atom. The molecule has 22 heavy (non-hydrogen) atoms. The largest absolute Gasteiger partial charge is 0.493 e. The minimum Gasteiger partial charge on any atom is -0.407 e. The van der Waals surface area contributed by atoms with Crippen molar-refractivity contribution in [1.82, 2.24) is 4.98 Å². The van der Waals surface area contributed by atoms with Gasteiger partial charge in [0.25, 0.3) is 0 Å². The van der Waals surface area contributed by atoms with Crippen LogP contribution in [-0.4, -0.2) is 25.3 Å². The highest BCUT2D eigenvalue weighted by Gasteiger charge is 2.33. The van der Waals surface area contributed by atoms with E-state index in [0.29, 0.717) is 13.2 Å². The molecular formula is C18H18BNO2. The molecule has 1 saturated heterocycles. The second-order valence-corrected chi connectivity index (χ2v) is 6.23. The topological polar surface area (TPSA) is 31.4 Å². The number of pyridine rings is 1. The van der Waals surface area contributed by atoms with E-state index in [4.69, 9.17) is 9.31 Å². The predicted molar refractivity (Wildman–Crippen MR) is 87.7 cm³/mol. The van der Waals surface area contributed by atoms with Crippen LogP contribution in [0.1, 0.15) is 25.0 Å². The Hall–Kier alpha value is -2.09. The van der Waals surface area contributed by atoms with Crippen LogP contribution < -0.4 is 5.46 Å². The van der Waals surface area contributed by atoms with Gasteiger partial charge in [-0.1, -0.05) is 37.8 Å². The first-order chi connectivity index (χ1) is 10.6. The molecule has 0 amide bonds. The van der Waals surface area contributed by atoms with Crippen molar-refractivity contribution in [2.75, 3.05) is 13.2 Å². The molecule has 110 valence electrons. The lowest BCUT2D eigenvalue weighted by Crippen LogP contribution is -2.47. The number of nitrogens with zero attached hydrogens (tertiary/aromatic N) is 1. The Morgan fingerprint density at radius 2 is 1.45 bits per heavy atom. The predicted octanol–water partition coefficient (Wildman–Crippen LogP) is 2.25. The maximum absolute atomic E-state index is 5.78. The van der Waals surface area contributed by atoms with Crippen molar-refractivity contribution in [3.8, 4) is 11.8 Å². The van der Waals surface area contributed by atoms with Crippen molar-refractivity contribution in [2.24, 2.45) is 5.41 Å². The van der Waals surface area contributed by atoms with E-state index in [-0.39, 0.29) is 12.5 Å². The van der Waals surface area contributed by atoms with Crippen molar-refractivity contribution in [1.29, 1.82) is 0 Å². The Labute approximate surface area is 131 Å². The summed E-state index contributed by atoms with van der Waals surface area (Å²) in [7, 11) is -0.268. The molecule has 2 heterocycles. The van der Waals surface area contributed by atoms with E-state index in [2.05, 4.69) is 30.7 Å². The number of hydrogen-bond donors (Lipinski definition) is 0. The van der Waals surface area contributed by atoms with Gasteiger partial charge >= 0.3 is 7.12 Å². The minimum absolute atomic E-state index is 0.0897. The summed E-state index contributed by atoms with van der Waals surface area (Å²) in [6, 6.07) is 11.8. The van der Waals surface area contributed by atoms with Crippen LogP contribution in [0.4, 0.5) is 0 Å². The van der Waals surface area contributed by atoms with E-state index < -0.39 is 0 Å². The number of aromatic nitrogens is 1. The van der Waals surface area contributed by atoms with E-state index in [1.165, 1.54) is 0 Å². The molecule has 0 saturated carbocycles. The van der Waals surface area contributed by atoms with Crippen LogP contribution in [0.25, 0.3) is 0 Å². The highest BCUT2D eigenvalue weighted by Crippen LogP contribution is 2.21. The molecule has 0 N–H and O–H groups in total. The second-order valence-electron chi connectivity index (χ2n) is 6.23. The Bertz CT molecular complexity index is 677. The van der Waals surface area contributed by atoms with Gasteiger partial charge in [-0.05, 0) is 29.7 Å². The standard InChI is InChI=1S/C18H18BNO2/c1-18(2)13-21-19(22-14-18)17-7-5-15(6-8-17)3-4-16-9-11-20-12-10-16/h5-12H,13-14H2,1-2H3. The first-order valence-electron chi connectivity index (χ1n) is 7.38. The SMILES string of the molecule is CC1(C)COB(c2ccc(C#Cc3ccncc3)cc2)OC1. The first kappa shape index (κ1) is 14.8. The molecule has 0 spiro atoms. The van der Waals surface area contributed by atoms with Crippen LogP contribution in [0.15, 0.2) is 48.8 Å². The summed E-state index contributed by atoms with van der Waals surface area (Å²) < 4.78 is 11.6. The van der Waals surface area contributed by atoms with Crippen LogP contribution in [-0.2, 0) is 9.31 Å². The van der Waals surface area contributed by atoms with Crippen molar-refractivity contribution in [2.45, 2.75) is 13.8 Å². The second kappa shape index (κ2) is 6.35. The smallest absolute Gasteiger partial charge is 0.407 e. The molecule has 3 nitrogen and oxygen atoms in total. The molecule has 2 aromatic rings. The Kier molecular flexibility index (Phi) is 4.28. The highest BCUT2D eigenvalue weighted by atomic mass is 16.6. The van der Waals surface area contributed by atoms with E-state index in [1.807, 2.05) is 36.4 Å². The first-order valence-corrected chi connectivity index (χ1v) is 7.38. The van der Waals surface area contributed by atoms with Gasteiger partial charge in [-0.3, -0.25) is 4.98 Å². The van der Waals surface area contributed by atoms with Crippen LogP contribution >= 0.6 is 0 Å². The van der Waals surface area contributed by atoms with Gasteiger partial charge in [0.05, 0.1) is 0 Å². The summed E-state index contributed by atoms with van der Waals surface area (Å²) >= 11 is 0. The molecule has 0 aliphatic carbocycles. The summed E-state index contributed by atoms with van der Waals surface area (Å²) in [4.78, 5) is 3.98. The van der Waals surface area contributed by atoms with Gasteiger partial charge < -0.3 is 9.31 Å². The van der Waals surface area contributed by atoms with Crippen LogP contribution in [0.2, 0.25) is 0 Å². The average Bonchev–Trinajstić information content (AvgIpc) is 2.55. The summed E-state index contributed by atoms with van der Waals surface area (Å²) in [6.07, 6.45) is 3.48. The van der Waals surface area contributed by atoms with Gasteiger partial charge in [-0.15, -0.1) is 0 Å². The van der Waals surface area contributed by atoms with Crippen LogP contribution in [0, 0.1) is 17.3 Å². The van der Waals surface area contributed by atoms with Gasteiger partial charge in [0.1, 0.15) is 0 Å². The van der Waals surface area contributed by atoms with Crippen LogP contribution in [0.5, 0.6) is 0 Å². The highest BCUT2D eigenvalue weighted by molar-refractivity contribution is 6.61. The van der Waals surface area contributed by atoms with Crippen molar-refractivity contribution in [3.05, 3.63) is 59.9 Å². The third kappa shape index (κ3) is 3.76. The number of rotatable bonds is 1. The lowest BCUT2D eigenvalue weighted by molar-refractivity contribution is 0.0343. The van der Waals surface area contributed by atoms with E-state index in [0.717, 1.165) is 16.6 Å². The molecule has 0 unspecified atom stereocenters. The summed E-state index contributed by atoms with van der Waals surface area (Å²) in [5, 5.41) is 0. The van der Waals surface area contributed by atoms with Crippen molar-refractivity contribution < 1.29 is 9.31 Å². The van der Waals surface area contributed by atoms with E-state index in [9.17, 15) is 0 Å². The van der Waals surface area contributed by atoms with Gasteiger partial charge in [0.2, 0.25) is 0 Å². The normalized spacial score (nSPS) is 16.7. The Balaban J connectivity index is 1.68. The molecule has 0 bridgehead atoms. The fraction of sp³-hybridized carbons (Fsp3) is 0.278. The third-order valence-corrected chi connectivity index (χ3v) is 3.47. The van der Waals surface area contributed by atoms with Crippen molar-refractivity contribution in [3.63, 3.8) is 0 Å². The fourth-order valence-corrected chi connectivity index (χ4v) is 2.19. The lowest BCUT2D eigenvalue weighted by Gasteiger charge is -2.33. The minimum atomic E-state index is -0.268. The van der Waals surface area contributed by atoms with E-state index in [1.54, 1.807) is 12.4 Å². The van der Waals surface area contributed by atoms with Gasteiger partial charge in [0.15, 0.2) is 0 Å². The van der Waals surface area contributed by atoms with Gasteiger partial charge in [0, 0.05) is 42.1 Å². The third-order valence-electron chi connectivity index (χ3n) is 3.47. The number of benzene rings is 1. The molecule has 1 aromatic carbocycles. The molecule has 1 fully saturated rings. The summed E-state index contributed by atoms with van der Waals surface area (Å²) in [5.41, 5.74) is 3.05. The van der Waals surface area contributed by atoms with Gasteiger partial charge in [-0.25, -0.2) is 0 Å². The summed E-state index contributed by atoms with van der Waals surface area (Å²) in [6.45, 7) is 5.70. The molecule has 0 radical (unpaired) electrons. The lowest BCUT2D eigenvalue weighted by atomic mass is 9.76. The molecule has 0 atom stereocenters. The molecule has 3 rings (SSSR count). The molecule has 1 aliphatic rings. The zero-order valence-electron chi connectivity index (χ0n) is 12.9. The van der Waals surface area contributed by atoms with Crippen molar-refractivity contribution >= 4 is 12.6 Å². The Morgan fingerprint density at radius 1 is 0.909 bits per heavy atom. The van der Waals surface area contributed by atoms with Gasteiger partial charge in [-0.2, -0.15) is 0 Å².